The monoisotopic (exact) mass is 211 g/mol. The van der Waals surface area contributed by atoms with Crippen molar-refractivity contribution in [2.24, 2.45) is 0 Å². The van der Waals surface area contributed by atoms with Gasteiger partial charge in [-0.2, -0.15) is 0 Å². The number of anilines is 1. The molecule has 0 spiro atoms. The number of hydrogen-bond donors (Lipinski definition) is 1. The molecular formula is C11H17NOS. The van der Waals surface area contributed by atoms with Gasteiger partial charge in [-0.1, -0.05) is 13.0 Å². The Hall–Kier alpha value is -0.830. The standard InChI is InChI=1S/C11H17NOS/c1-4-9(2)12-10-6-5-7-11(8-10)14(3)13/h5-9,12H,4H2,1-3H3/t9-,14-/m0/s1. The zero-order valence-electron chi connectivity index (χ0n) is 8.91. The van der Waals surface area contributed by atoms with Crippen LogP contribution in [0.4, 0.5) is 5.69 Å². The highest BCUT2D eigenvalue weighted by Crippen LogP contribution is 2.14. The Morgan fingerprint density at radius 3 is 2.79 bits per heavy atom. The summed E-state index contributed by atoms with van der Waals surface area (Å²) >= 11 is 0. The van der Waals surface area contributed by atoms with Gasteiger partial charge in [0.2, 0.25) is 0 Å². The molecule has 1 N–H and O–H groups in total. The first-order valence-corrected chi connectivity index (χ1v) is 6.39. The number of hydrogen-bond acceptors (Lipinski definition) is 2. The second kappa shape index (κ2) is 5.15. The van der Waals surface area contributed by atoms with Gasteiger partial charge in [-0.15, -0.1) is 0 Å². The molecule has 2 nitrogen and oxygen atoms in total. The van der Waals surface area contributed by atoms with E-state index in [1.807, 2.05) is 24.3 Å². The largest absolute Gasteiger partial charge is 0.383 e. The topological polar surface area (TPSA) is 29.1 Å². The lowest BCUT2D eigenvalue weighted by Gasteiger charge is -2.13. The van der Waals surface area contributed by atoms with Gasteiger partial charge in [-0.3, -0.25) is 4.21 Å². The van der Waals surface area contributed by atoms with Crippen molar-refractivity contribution in [3.05, 3.63) is 24.3 Å². The van der Waals surface area contributed by atoms with E-state index in [0.717, 1.165) is 17.0 Å². The smallest absolute Gasteiger partial charge is 0.0498 e. The van der Waals surface area contributed by atoms with Crippen LogP contribution in [0.15, 0.2) is 29.2 Å². The quantitative estimate of drug-likeness (QED) is 0.829. The van der Waals surface area contributed by atoms with E-state index in [1.54, 1.807) is 6.26 Å². The Morgan fingerprint density at radius 2 is 2.21 bits per heavy atom. The van der Waals surface area contributed by atoms with Crippen LogP contribution in [-0.2, 0) is 10.8 Å². The minimum atomic E-state index is -0.896. The molecule has 1 aromatic carbocycles. The molecule has 0 aliphatic carbocycles. The van der Waals surface area contributed by atoms with Crippen molar-refractivity contribution in [1.29, 1.82) is 0 Å². The fourth-order valence-electron chi connectivity index (χ4n) is 1.15. The molecule has 0 aromatic heterocycles. The van der Waals surface area contributed by atoms with Crippen LogP contribution in [0.5, 0.6) is 0 Å². The maximum Gasteiger partial charge on any atom is 0.0498 e. The Balaban J connectivity index is 2.78. The summed E-state index contributed by atoms with van der Waals surface area (Å²) in [5, 5.41) is 3.35. The predicted molar refractivity (Wildman–Crippen MR) is 62.2 cm³/mol. The molecule has 0 fully saturated rings. The molecule has 0 amide bonds. The Bertz CT molecular complexity index is 325. The molecule has 14 heavy (non-hydrogen) atoms. The van der Waals surface area contributed by atoms with Crippen LogP contribution in [0.25, 0.3) is 0 Å². The van der Waals surface area contributed by atoms with Gasteiger partial charge in [-0.25, -0.2) is 0 Å². The van der Waals surface area contributed by atoms with E-state index in [9.17, 15) is 4.21 Å². The molecule has 0 bridgehead atoms. The van der Waals surface area contributed by atoms with Crippen LogP contribution >= 0.6 is 0 Å². The third kappa shape index (κ3) is 3.14. The second-order valence-corrected chi connectivity index (χ2v) is 4.82. The molecule has 0 aliphatic heterocycles. The van der Waals surface area contributed by atoms with Crippen LogP contribution < -0.4 is 5.32 Å². The van der Waals surface area contributed by atoms with E-state index in [0.29, 0.717) is 6.04 Å². The minimum Gasteiger partial charge on any atom is -0.383 e. The first-order valence-electron chi connectivity index (χ1n) is 4.83. The molecule has 0 radical (unpaired) electrons. The Kier molecular flexibility index (Phi) is 4.14. The zero-order valence-corrected chi connectivity index (χ0v) is 9.73. The lowest BCUT2D eigenvalue weighted by atomic mass is 10.2. The average molecular weight is 211 g/mol. The van der Waals surface area contributed by atoms with Crippen LogP contribution in [0.3, 0.4) is 0 Å². The van der Waals surface area contributed by atoms with E-state index >= 15 is 0 Å². The molecule has 0 unspecified atom stereocenters. The van der Waals surface area contributed by atoms with Gasteiger partial charge in [0.25, 0.3) is 0 Å². The average Bonchev–Trinajstić information content (AvgIpc) is 2.18. The van der Waals surface area contributed by atoms with Crippen molar-refractivity contribution in [1.82, 2.24) is 0 Å². The fourth-order valence-corrected chi connectivity index (χ4v) is 1.71. The summed E-state index contributed by atoms with van der Waals surface area (Å²) in [6.07, 6.45) is 2.78. The number of rotatable bonds is 4. The van der Waals surface area contributed by atoms with Crippen molar-refractivity contribution in [3.63, 3.8) is 0 Å². The molecule has 78 valence electrons. The normalized spacial score (nSPS) is 14.8. The highest BCUT2D eigenvalue weighted by molar-refractivity contribution is 7.84. The SMILES string of the molecule is CC[C@H](C)Nc1cccc([S@](C)=O)c1. The van der Waals surface area contributed by atoms with Crippen molar-refractivity contribution in [2.75, 3.05) is 11.6 Å². The summed E-state index contributed by atoms with van der Waals surface area (Å²) in [7, 11) is -0.896. The van der Waals surface area contributed by atoms with Gasteiger partial charge in [0.15, 0.2) is 0 Å². The van der Waals surface area contributed by atoms with Gasteiger partial charge in [0.05, 0.1) is 0 Å². The summed E-state index contributed by atoms with van der Waals surface area (Å²) in [6.45, 7) is 4.27. The minimum absolute atomic E-state index is 0.454. The molecule has 0 saturated carbocycles. The van der Waals surface area contributed by atoms with Gasteiger partial charge >= 0.3 is 0 Å². The molecule has 0 heterocycles. The van der Waals surface area contributed by atoms with Crippen LogP contribution in [-0.4, -0.2) is 16.5 Å². The van der Waals surface area contributed by atoms with Gasteiger partial charge in [-0.05, 0) is 31.5 Å². The predicted octanol–water partition coefficient (Wildman–Crippen LogP) is 2.63. The molecule has 0 saturated heterocycles. The van der Waals surface area contributed by atoms with Crippen LogP contribution in [0.1, 0.15) is 20.3 Å². The van der Waals surface area contributed by atoms with Gasteiger partial charge < -0.3 is 5.32 Å². The summed E-state index contributed by atoms with van der Waals surface area (Å²) < 4.78 is 11.2. The van der Waals surface area contributed by atoms with Crippen LogP contribution in [0, 0.1) is 0 Å². The highest BCUT2D eigenvalue weighted by atomic mass is 32.2. The van der Waals surface area contributed by atoms with E-state index < -0.39 is 10.8 Å². The van der Waals surface area contributed by atoms with E-state index in [4.69, 9.17) is 0 Å². The van der Waals surface area contributed by atoms with E-state index in [-0.39, 0.29) is 0 Å². The first kappa shape index (κ1) is 11.2. The van der Waals surface area contributed by atoms with E-state index in [1.165, 1.54) is 0 Å². The van der Waals surface area contributed by atoms with Gasteiger partial charge in [0, 0.05) is 33.7 Å². The van der Waals surface area contributed by atoms with Crippen molar-refractivity contribution < 1.29 is 4.21 Å². The van der Waals surface area contributed by atoms with Crippen LogP contribution in [0.2, 0.25) is 0 Å². The zero-order chi connectivity index (χ0) is 10.6. The lowest BCUT2D eigenvalue weighted by molar-refractivity contribution is 0.686. The first-order chi connectivity index (χ1) is 6.63. The Morgan fingerprint density at radius 1 is 1.50 bits per heavy atom. The van der Waals surface area contributed by atoms with Crippen molar-refractivity contribution >= 4 is 16.5 Å². The second-order valence-electron chi connectivity index (χ2n) is 3.44. The summed E-state index contributed by atoms with van der Waals surface area (Å²) in [4.78, 5) is 0.873. The molecule has 1 aromatic rings. The third-order valence-electron chi connectivity index (χ3n) is 2.19. The Labute approximate surface area is 88.2 Å². The van der Waals surface area contributed by atoms with Gasteiger partial charge in [0.1, 0.15) is 0 Å². The molecule has 1 rings (SSSR count). The molecule has 3 heteroatoms. The lowest BCUT2D eigenvalue weighted by Crippen LogP contribution is -2.13. The maximum atomic E-state index is 11.2. The van der Waals surface area contributed by atoms with Crippen molar-refractivity contribution in [2.45, 2.75) is 31.2 Å². The molecular weight excluding hydrogens is 194 g/mol. The fraction of sp³-hybridized carbons (Fsp3) is 0.455. The number of nitrogens with one attached hydrogen (secondary N) is 1. The summed E-state index contributed by atoms with van der Waals surface area (Å²) in [5.41, 5.74) is 1.05. The number of benzene rings is 1. The molecule has 0 aliphatic rings. The summed E-state index contributed by atoms with van der Waals surface area (Å²) in [6, 6.07) is 8.22. The third-order valence-corrected chi connectivity index (χ3v) is 3.11. The highest BCUT2D eigenvalue weighted by Gasteiger charge is 2.01. The molecule has 2 atom stereocenters. The maximum absolute atomic E-state index is 11.2. The summed E-state index contributed by atoms with van der Waals surface area (Å²) in [5.74, 6) is 0. The van der Waals surface area contributed by atoms with Crippen molar-refractivity contribution in [3.8, 4) is 0 Å². The van der Waals surface area contributed by atoms with E-state index in [2.05, 4.69) is 19.2 Å².